The van der Waals surface area contributed by atoms with Crippen LogP contribution in [-0.2, 0) is 11.0 Å². The molecule has 21 heavy (non-hydrogen) atoms. The highest BCUT2D eigenvalue weighted by molar-refractivity contribution is 7.83. The van der Waals surface area contributed by atoms with Crippen LogP contribution in [0.1, 0.15) is 38.7 Å². The second-order valence-corrected chi connectivity index (χ2v) is 7.95. The van der Waals surface area contributed by atoms with Crippen molar-refractivity contribution >= 4 is 11.0 Å². The summed E-state index contributed by atoms with van der Waals surface area (Å²) in [4.78, 5) is 0.769. The minimum absolute atomic E-state index is 0.378. The zero-order chi connectivity index (χ0) is 15.5. The van der Waals surface area contributed by atoms with Crippen molar-refractivity contribution in [1.82, 2.24) is 4.72 Å². The molecule has 0 amide bonds. The molecule has 0 saturated heterocycles. The monoisotopic (exact) mass is 304 g/mol. The van der Waals surface area contributed by atoms with E-state index in [-0.39, 0.29) is 5.41 Å². The molecular formula is C17H24N2OS. The zero-order valence-corrected chi connectivity index (χ0v) is 13.9. The molecule has 0 bridgehead atoms. The molecule has 0 spiro atoms. The highest BCUT2D eigenvalue weighted by atomic mass is 32.2. The molecule has 1 N–H and O–H groups in total. The van der Waals surface area contributed by atoms with Gasteiger partial charge >= 0.3 is 0 Å². The van der Waals surface area contributed by atoms with Gasteiger partial charge in [-0.15, -0.1) is 0 Å². The van der Waals surface area contributed by atoms with E-state index in [1.54, 1.807) is 0 Å². The van der Waals surface area contributed by atoms with Gasteiger partial charge in [-0.1, -0.05) is 31.5 Å². The van der Waals surface area contributed by atoms with E-state index in [2.05, 4.69) is 24.6 Å². The van der Waals surface area contributed by atoms with Crippen LogP contribution in [0.15, 0.2) is 29.2 Å². The molecule has 1 unspecified atom stereocenters. The van der Waals surface area contributed by atoms with Crippen LogP contribution in [0.4, 0.5) is 0 Å². The number of nitrogens with one attached hydrogen (secondary N) is 1. The lowest BCUT2D eigenvalue weighted by Gasteiger charge is -2.37. The van der Waals surface area contributed by atoms with Gasteiger partial charge in [-0.25, -0.2) is 8.93 Å². The van der Waals surface area contributed by atoms with Crippen LogP contribution >= 0.6 is 0 Å². The van der Waals surface area contributed by atoms with Crippen molar-refractivity contribution in [2.24, 2.45) is 17.3 Å². The Labute approximate surface area is 130 Å². The third kappa shape index (κ3) is 4.15. The van der Waals surface area contributed by atoms with E-state index in [1.807, 2.05) is 31.2 Å². The Morgan fingerprint density at radius 1 is 1.29 bits per heavy atom. The van der Waals surface area contributed by atoms with Crippen molar-refractivity contribution in [3.05, 3.63) is 29.8 Å². The van der Waals surface area contributed by atoms with Gasteiger partial charge in [0.25, 0.3) is 0 Å². The predicted octanol–water partition coefficient (Wildman–Crippen LogP) is 3.57. The van der Waals surface area contributed by atoms with Gasteiger partial charge in [0, 0.05) is 6.54 Å². The number of rotatable bonds is 4. The molecule has 114 valence electrons. The minimum Gasteiger partial charge on any atom is -0.238 e. The van der Waals surface area contributed by atoms with E-state index >= 15 is 0 Å². The average Bonchev–Trinajstić information content (AvgIpc) is 2.44. The number of hydrogen-bond acceptors (Lipinski definition) is 2. The maximum atomic E-state index is 12.3. The topological polar surface area (TPSA) is 52.9 Å². The van der Waals surface area contributed by atoms with Gasteiger partial charge in [-0.3, -0.25) is 0 Å². The normalized spacial score (nSPS) is 30.6. The Balaban J connectivity index is 2.01. The number of nitrogens with zero attached hydrogens (tertiary/aromatic N) is 1. The van der Waals surface area contributed by atoms with Crippen molar-refractivity contribution in [2.45, 2.75) is 44.9 Å². The summed E-state index contributed by atoms with van der Waals surface area (Å²) in [5.74, 6) is 1.12. The standard InChI is InChI=1S/C17H24N2OS/c1-13-4-6-16(7-5-13)21(20)19-12-17(11-18)9-14(2)8-15(3)10-17/h4-7,14-15,19H,8-10,12H2,1-3H3/t14-,15-,21?/m0/s1. The van der Waals surface area contributed by atoms with E-state index < -0.39 is 11.0 Å². The zero-order valence-electron chi connectivity index (χ0n) is 13.1. The van der Waals surface area contributed by atoms with Crippen LogP contribution < -0.4 is 4.72 Å². The molecule has 0 heterocycles. The Hall–Kier alpha value is -1.18. The lowest BCUT2D eigenvalue weighted by atomic mass is 9.67. The summed E-state index contributed by atoms with van der Waals surface area (Å²) in [6.45, 7) is 6.92. The molecule has 1 aliphatic carbocycles. The molecule has 0 aliphatic heterocycles. The maximum Gasteiger partial charge on any atom is 0.124 e. The minimum atomic E-state index is -1.24. The Kier molecular flexibility index (Phi) is 5.18. The molecule has 1 aliphatic rings. The molecule has 3 nitrogen and oxygen atoms in total. The van der Waals surface area contributed by atoms with E-state index in [9.17, 15) is 9.47 Å². The van der Waals surface area contributed by atoms with Crippen LogP contribution in [0.2, 0.25) is 0 Å². The predicted molar refractivity (Wildman–Crippen MR) is 85.8 cm³/mol. The Morgan fingerprint density at radius 3 is 2.38 bits per heavy atom. The number of aryl methyl sites for hydroxylation is 1. The highest BCUT2D eigenvalue weighted by Crippen LogP contribution is 2.41. The first-order chi connectivity index (χ1) is 9.94. The van der Waals surface area contributed by atoms with Gasteiger partial charge in [0.1, 0.15) is 11.0 Å². The fourth-order valence-electron chi connectivity index (χ4n) is 3.49. The van der Waals surface area contributed by atoms with Gasteiger partial charge in [0.2, 0.25) is 0 Å². The second kappa shape index (κ2) is 6.72. The molecule has 1 aromatic rings. The average molecular weight is 304 g/mol. The first kappa shape index (κ1) is 16.2. The fourth-order valence-corrected chi connectivity index (χ4v) is 4.45. The van der Waals surface area contributed by atoms with E-state index in [4.69, 9.17) is 0 Å². The van der Waals surface area contributed by atoms with E-state index in [0.29, 0.717) is 18.4 Å². The Morgan fingerprint density at radius 2 is 1.86 bits per heavy atom. The van der Waals surface area contributed by atoms with E-state index in [1.165, 1.54) is 6.42 Å². The van der Waals surface area contributed by atoms with Gasteiger partial charge in [0.05, 0.1) is 16.4 Å². The van der Waals surface area contributed by atoms with Crippen molar-refractivity contribution in [2.75, 3.05) is 6.54 Å². The van der Waals surface area contributed by atoms with Crippen molar-refractivity contribution in [1.29, 1.82) is 5.26 Å². The molecule has 2 rings (SSSR count). The van der Waals surface area contributed by atoms with Gasteiger partial charge in [0.15, 0.2) is 0 Å². The number of benzene rings is 1. The third-order valence-electron chi connectivity index (χ3n) is 4.30. The Bertz CT molecular complexity index is 537. The molecule has 1 saturated carbocycles. The summed E-state index contributed by atoms with van der Waals surface area (Å²) in [5, 5.41) is 9.61. The number of hydrogen-bond donors (Lipinski definition) is 1. The molecule has 3 atom stereocenters. The van der Waals surface area contributed by atoms with E-state index in [0.717, 1.165) is 23.3 Å². The number of nitriles is 1. The molecule has 0 radical (unpaired) electrons. The van der Waals surface area contributed by atoms with Crippen LogP contribution in [0, 0.1) is 35.5 Å². The molecule has 0 aromatic heterocycles. The lowest BCUT2D eigenvalue weighted by Crippen LogP contribution is -2.39. The largest absolute Gasteiger partial charge is 0.238 e. The first-order valence-corrected chi connectivity index (χ1v) is 8.72. The van der Waals surface area contributed by atoms with Crippen molar-refractivity contribution in [3.8, 4) is 6.07 Å². The summed E-state index contributed by atoms with van der Waals surface area (Å²) < 4.78 is 15.4. The molecular weight excluding hydrogens is 280 g/mol. The first-order valence-electron chi connectivity index (χ1n) is 7.57. The van der Waals surface area contributed by atoms with Crippen LogP contribution in [-0.4, -0.2) is 10.8 Å². The summed E-state index contributed by atoms with van der Waals surface area (Å²) >= 11 is 0. The van der Waals surface area contributed by atoms with Crippen LogP contribution in [0.5, 0.6) is 0 Å². The lowest BCUT2D eigenvalue weighted by molar-refractivity contribution is 0.162. The fraction of sp³-hybridized carbons (Fsp3) is 0.588. The quantitative estimate of drug-likeness (QED) is 0.924. The van der Waals surface area contributed by atoms with Gasteiger partial charge in [-0.2, -0.15) is 5.26 Å². The summed E-state index contributed by atoms with van der Waals surface area (Å²) in [7, 11) is -1.24. The third-order valence-corrected chi connectivity index (χ3v) is 5.40. The summed E-state index contributed by atoms with van der Waals surface area (Å²) in [5.41, 5.74) is 0.774. The molecule has 1 fully saturated rings. The SMILES string of the molecule is Cc1ccc(S(=O)NCC2(C#N)C[C@@H](C)C[C@H](C)C2)cc1. The molecule has 4 heteroatoms. The molecule has 1 aromatic carbocycles. The highest BCUT2D eigenvalue weighted by Gasteiger charge is 2.38. The van der Waals surface area contributed by atoms with Gasteiger partial charge < -0.3 is 0 Å². The second-order valence-electron chi connectivity index (χ2n) is 6.65. The summed E-state index contributed by atoms with van der Waals surface area (Å²) in [6.07, 6.45) is 2.97. The maximum absolute atomic E-state index is 12.3. The van der Waals surface area contributed by atoms with Crippen LogP contribution in [0.3, 0.4) is 0 Å². The van der Waals surface area contributed by atoms with Crippen molar-refractivity contribution in [3.63, 3.8) is 0 Å². The summed E-state index contributed by atoms with van der Waals surface area (Å²) in [6, 6.07) is 10.2. The van der Waals surface area contributed by atoms with Gasteiger partial charge in [-0.05, 0) is 50.2 Å². The van der Waals surface area contributed by atoms with Crippen molar-refractivity contribution < 1.29 is 4.21 Å². The smallest absolute Gasteiger partial charge is 0.124 e. The van der Waals surface area contributed by atoms with Crippen LogP contribution in [0.25, 0.3) is 0 Å².